The van der Waals surface area contributed by atoms with Gasteiger partial charge in [-0.2, -0.15) is 8.42 Å². The van der Waals surface area contributed by atoms with Crippen LogP contribution in [-0.4, -0.2) is 22.3 Å². The minimum atomic E-state index is -3.99. The molecule has 0 N–H and O–H groups in total. The highest BCUT2D eigenvalue weighted by Crippen LogP contribution is 2.22. The quantitative estimate of drug-likeness (QED) is 0.617. The highest BCUT2D eigenvalue weighted by atomic mass is 32.2. The molecule has 0 aliphatic carbocycles. The molecule has 7 nitrogen and oxygen atoms in total. The third-order valence-electron chi connectivity index (χ3n) is 2.34. The van der Waals surface area contributed by atoms with E-state index in [0.29, 0.717) is 3.97 Å². The van der Waals surface area contributed by atoms with Crippen molar-refractivity contribution >= 4 is 15.8 Å². The lowest BCUT2D eigenvalue weighted by Gasteiger charge is -2.03. The number of hydrogen-bond donors (Lipinski definition) is 0. The van der Waals surface area contributed by atoms with Gasteiger partial charge in [0.25, 0.3) is 0 Å². The first-order valence-electron chi connectivity index (χ1n) is 4.94. The Hall–Kier alpha value is -2.22. The summed E-state index contributed by atoms with van der Waals surface area (Å²) in [6, 6.07) is 7.50. The third kappa shape index (κ3) is 1.86. The molecule has 0 atom stereocenters. The maximum atomic E-state index is 12.3. The molecule has 1 heterocycles. The first-order chi connectivity index (χ1) is 8.44. The first kappa shape index (κ1) is 12.2. The van der Waals surface area contributed by atoms with Crippen LogP contribution in [0.5, 0.6) is 0 Å². The number of hydrogen-bond acceptors (Lipinski definition) is 5. The van der Waals surface area contributed by atoms with Crippen molar-refractivity contribution in [2.45, 2.75) is 11.8 Å². The van der Waals surface area contributed by atoms with Crippen molar-refractivity contribution < 1.29 is 13.3 Å². The Morgan fingerprint density at radius 3 is 2.44 bits per heavy atom. The van der Waals surface area contributed by atoms with Gasteiger partial charge in [-0.1, -0.05) is 22.2 Å². The highest BCUT2D eigenvalue weighted by Gasteiger charge is 2.31. The zero-order valence-corrected chi connectivity index (χ0v) is 10.2. The van der Waals surface area contributed by atoms with Gasteiger partial charge in [0.15, 0.2) is 0 Å². The van der Waals surface area contributed by atoms with Crippen LogP contribution in [0.4, 0.5) is 5.82 Å². The van der Waals surface area contributed by atoms with Gasteiger partial charge in [-0.3, -0.25) is 0 Å². The van der Waals surface area contributed by atoms with E-state index in [1.807, 2.05) is 0 Å². The predicted octanol–water partition coefficient (Wildman–Crippen LogP) is 1.34. The van der Waals surface area contributed by atoms with Crippen molar-refractivity contribution in [3.05, 3.63) is 52.5 Å². The van der Waals surface area contributed by atoms with Gasteiger partial charge in [-0.15, -0.1) is 0 Å². The Morgan fingerprint density at radius 1 is 1.28 bits per heavy atom. The summed E-state index contributed by atoms with van der Waals surface area (Å²) >= 11 is 0. The van der Waals surface area contributed by atoms with E-state index in [2.05, 4.69) is 4.98 Å². The van der Waals surface area contributed by atoms with Crippen LogP contribution in [0, 0.1) is 17.0 Å². The Balaban J connectivity index is 2.69. The van der Waals surface area contributed by atoms with Gasteiger partial charge in [0.2, 0.25) is 5.82 Å². The van der Waals surface area contributed by atoms with Gasteiger partial charge in [0.05, 0.1) is 0 Å². The second kappa shape index (κ2) is 4.22. The lowest BCUT2D eigenvalue weighted by Crippen LogP contribution is -2.16. The van der Waals surface area contributed by atoms with Crippen LogP contribution in [0.1, 0.15) is 5.82 Å². The summed E-state index contributed by atoms with van der Waals surface area (Å²) in [5, 5.41) is 10.8. The van der Waals surface area contributed by atoms with E-state index >= 15 is 0 Å². The number of nitrogens with zero attached hydrogens (tertiary/aromatic N) is 3. The van der Waals surface area contributed by atoms with Crippen molar-refractivity contribution in [2.24, 2.45) is 0 Å². The van der Waals surface area contributed by atoms with E-state index in [9.17, 15) is 18.5 Å². The molecular weight excluding hydrogens is 258 g/mol. The van der Waals surface area contributed by atoms with Crippen LogP contribution in [0.25, 0.3) is 0 Å². The largest absolute Gasteiger partial charge is 0.358 e. The summed E-state index contributed by atoms with van der Waals surface area (Å²) in [4.78, 5) is 13.7. The number of nitro groups is 1. The van der Waals surface area contributed by atoms with Crippen molar-refractivity contribution in [3.8, 4) is 0 Å². The van der Waals surface area contributed by atoms with E-state index in [1.165, 1.54) is 19.1 Å². The van der Waals surface area contributed by atoms with E-state index in [-0.39, 0.29) is 10.7 Å². The highest BCUT2D eigenvalue weighted by molar-refractivity contribution is 7.90. The maximum Gasteiger partial charge on any atom is 0.358 e. The van der Waals surface area contributed by atoms with Crippen LogP contribution in [-0.2, 0) is 10.0 Å². The molecule has 18 heavy (non-hydrogen) atoms. The van der Waals surface area contributed by atoms with Crippen LogP contribution in [0.2, 0.25) is 0 Å². The second-order valence-corrected chi connectivity index (χ2v) is 5.29. The number of aryl methyl sites for hydroxylation is 1. The lowest BCUT2D eigenvalue weighted by molar-refractivity contribution is -0.390. The molecule has 8 heteroatoms. The topological polar surface area (TPSA) is 95.1 Å². The molecule has 0 amide bonds. The van der Waals surface area contributed by atoms with E-state index in [4.69, 9.17) is 0 Å². The fourth-order valence-corrected chi connectivity index (χ4v) is 3.00. The van der Waals surface area contributed by atoms with Crippen LogP contribution in [0.15, 0.2) is 41.4 Å². The molecule has 2 rings (SSSR count). The minimum absolute atomic E-state index is 0.0193. The summed E-state index contributed by atoms with van der Waals surface area (Å²) in [6.07, 6.45) is 0.926. The molecule has 2 aromatic rings. The fraction of sp³-hybridized carbons (Fsp3) is 0.100. The smallest absolute Gasteiger partial charge is 0.358 e. The average Bonchev–Trinajstić information content (AvgIpc) is 2.73. The molecule has 0 aliphatic heterocycles. The summed E-state index contributed by atoms with van der Waals surface area (Å²) in [5.74, 6) is -0.526. The maximum absolute atomic E-state index is 12.3. The Bertz CT molecular complexity index is 691. The molecule has 1 aromatic carbocycles. The monoisotopic (exact) mass is 267 g/mol. The number of benzene rings is 1. The summed E-state index contributed by atoms with van der Waals surface area (Å²) in [7, 11) is -3.99. The first-order valence-corrected chi connectivity index (χ1v) is 6.38. The van der Waals surface area contributed by atoms with E-state index in [1.54, 1.807) is 18.2 Å². The van der Waals surface area contributed by atoms with Crippen molar-refractivity contribution in [2.75, 3.05) is 0 Å². The average molecular weight is 267 g/mol. The Labute approximate surface area is 103 Å². The van der Waals surface area contributed by atoms with Crippen LogP contribution >= 0.6 is 0 Å². The van der Waals surface area contributed by atoms with Gasteiger partial charge in [0, 0.05) is 6.92 Å². The van der Waals surface area contributed by atoms with Gasteiger partial charge in [0.1, 0.15) is 11.1 Å². The summed E-state index contributed by atoms with van der Waals surface area (Å²) in [5.41, 5.74) is 0. The van der Waals surface area contributed by atoms with E-state index < -0.39 is 20.8 Å². The summed E-state index contributed by atoms with van der Waals surface area (Å²) in [6.45, 7) is 1.40. The Kier molecular flexibility index (Phi) is 2.87. The van der Waals surface area contributed by atoms with Crippen molar-refractivity contribution in [3.63, 3.8) is 0 Å². The lowest BCUT2D eigenvalue weighted by atomic mass is 10.4. The normalized spacial score (nSPS) is 11.4. The molecule has 0 bridgehead atoms. The summed E-state index contributed by atoms with van der Waals surface area (Å²) < 4.78 is 25.1. The zero-order chi connectivity index (χ0) is 13.3. The molecule has 0 aliphatic rings. The van der Waals surface area contributed by atoms with Gasteiger partial charge >= 0.3 is 15.8 Å². The fourth-order valence-electron chi connectivity index (χ4n) is 1.54. The molecule has 0 unspecified atom stereocenters. The molecule has 0 spiro atoms. The SMILES string of the molecule is Cc1ncc([N+](=O)[O-])n1S(=O)(=O)c1ccccc1. The number of imidazole rings is 1. The minimum Gasteiger partial charge on any atom is -0.358 e. The molecule has 0 saturated carbocycles. The van der Waals surface area contributed by atoms with Crippen molar-refractivity contribution in [1.82, 2.24) is 8.96 Å². The molecule has 0 saturated heterocycles. The number of aromatic nitrogens is 2. The van der Waals surface area contributed by atoms with E-state index in [0.717, 1.165) is 6.20 Å². The van der Waals surface area contributed by atoms with Crippen LogP contribution < -0.4 is 0 Å². The molecule has 0 radical (unpaired) electrons. The molecule has 0 fully saturated rings. The molecule has 1 aromatic heterocycles. The number of rotatable bonds is 3. The standard InChI is InChI=1S/C10H9N3O4S/c1-8-11-7-10(13(14)15)12(8)18(16,17)9-5-3-2-4-6-9/h2-7H,1H3. The predicted molar refractivity (Wildman–Crippen MR) is 62.6 cm³/mol. The second-order valence-electron chi connectivity index (χ2n) is 3.50. The zero-order valence-electron chi connectivity index (χ0n) is 9.35. The Morgan fingerprint density at radius 2 is 1.89 bits per heavy atom. The molecular formula is C10H9N3O4S. The van der Waals surface area contributed by atoms with Gasteiger partial charge in [-0.05, 0) is 17.1 Å². The van der Waals surface area contributed by atoms with Gasteiger partial charge in [-0.25, -0.2) is 4.98 Å². The van der Waals surface area contributed by atoms with Crippen molar-refractivity contribution in [1.29, 1.82) is 0 Å². The molecule has 94 valence electrons. The van der Waals surface area contributed by atoms with Crippen LogP contribution in [0.3, 0.4) is 0 Å². The third-order valence-corrected chi connectivity index (χ3v) is 4.14. The van der Waals surface area contributed by atoms with Gasteiger partial charge < -0.3 is 10.1 Å².